The Hall–Kier alpha value is -2.17. The van der Waals surface area contributed by atoms with E-state index in [1.165, 1.54) is 5.56 Å². The number of amides is 1. The molecule has 25 heavy (non-hydrogen) atoms. The zero-order valence-electron chi connectivity index (χ0n) is 15.0. The minimum atomic E-state index is 0.156. The fourth-order valence-corrected chi connectivity index (χ4v) is 3.20. The number of piperazine rings is 1. The summed E-state index contributed by atoms with van der Waals surface area (Å²) in [6, 6.07) is 20.5. The van der Waals surface area contributed by atoms with Crippen LogP contribution in [0.2, 0.25) is 0 Å². The lowest BCUT2D eigenvalue weighted by Gasteiger charge is -2.35. The van der Waals surface area contributed by atoms with E-state index in [1.54, 1.807) is 4.90 Å². The Labute approximate surface area is 150 Å². The Morgan fingerprint density at radius 3 is 2.08 bits per heavy atom. The van der Waals surface area contributed by atoms with Gasteiger partial charge in [-0.3, -0.25) is 9.69 Å². The Morgan fingerprint density at radius 2 is 1.44 bits per heavy atom. The molecule has 0 aliphatic carbocycles. The number of carbonyl (C=O) groups excluding carboxylic acids is 1. The number of benzene rings is 2. The predicted molar refractivity (Wildman–Crippen MR) is 103 cm³/mol. The molecule has 2 aromatic rings. The second kappa shape index (κ2) is 8.79. The SMILES string of the molecule is CN(C(=O)CN1CCN(CCc2ccccc2)CC1)c1ccccc1. The predicted octanol–water partition coefficient (Wildman–Crippen LogP) is 2.51. The first-order chi connectivity index (χ1) is 12.2. The normalized spacial score (nSPS) is 15.9. The standard InChI is InChI=1S/C21H27N3O/c1-22(20-10-6-3-7-11-20)21(25)18-24-16-14-23(15-17-24)13-12-19-8-4-2-5-9-19/h2-11H,12-18H2,1H3. The van der Waals surface area contributed by atoms with Crippen LogP contribution in [0.15, 0.2) is 60.7 Å². The first kappa shape index (κ1) is 17.6. The van der Waals surface area contributed by atoms with Gasteiger partial charge in [-0.1, -0.05) is 48.5 Å². The second-order valence-electron chi connectivity index (χ2n) is 6.64. The van der Waals surface area contributed by atoms with Crippen molar-refractivity contribution >= 4 is 11.6 Å². The van der Waals surface area contributed by atoms with E-state index in [4.69, 9.17) is 0 Å². The maximum atomic E-state index is 12.5. The maximum absolute atomic E-state index is 12.5. The van der Waals surface area contributed by atoms with Crippen LogP contribution in [-0.4, -0.2) is 62.0 Å². The van der Waals surface area contributed by atoms with Gasteiger partial charge in [0.15, 0.2) is 0 Å². The third kappa shape index (κ3) is 5.15. The van der Waals surface area contributed by atoms with E-state index in [0.29, 0.717) is 6.54 Å². The van der Waals surface area contributed by atoms with Crippen molar-refractivity contribution < 1.29 is 4.79 Å². The highest BCUT2D eigenvalue weighted by molar-refractivity contribution is 5.94. The molecule has 0 atom stereocenters. The molecule has 0 N–H and O–H groups in total. The molecule has 0 unspecified atom stereocenters. The van der Waals surface area contributed by atoms with Crippen LogP contribution in [0, 0.1) is 0 Å². The van der Waals surface area contributed by atoms with Crippen LogP contribution in [0.3, 0.4) is 0 Å². The molecule has 1 aliphatic heterocycles. The van der Waals surface area contributed by atoms with Gasteiger partial charge in [0.2, 0.25) is 5.91 Å². The number of nitrogens with zero attached hydrogens (tertiary/aromatic N) is 3. The number of carbonyl (C=O) groups is 1. The third-order valence-corrected chi connectivity index (χ3v) is 4.90. The van der Waals surface area contributed by atoms with Crippen LogP contribution in [0.25, 0.3) is 0 Å². The van der Waals surface area contributed by atoms with Crippen molar-refractivity contribution in [1.82, 2.24) is 9.80 Å². The molecule has 0 spiro atoms. The van der Waals surface area contributed by atoms with E-state index < -0.39 is 0 Å². The zero-order chi connectivity index (χ0) is 17.5. The Kier molecular flexibility index (Phi) is 6.20. The monoisotopic (exact) mass is 337 g/mol. The average Bonchev–Trinajstić information content (AvgIpc) is 2.68. The van der Waals surface area contributed by atoms with Crippen LogP contribution in [0.4, 0.5) is 5.69 Å². The van der Waals surface area contributed by atoms with Gasteiger partial charge in [-0.15, -0.1) is 0 Å². The first-order valence-electron chi connectivity index (χ1n) is 9.02. The molecular formula is C21H27N3O. The molecule has 2 aromatic carbocycles. The van der Waals surface area contributed by atoms with Crippen molar-refractivity contribution in [1.29, 1.82) is 0 Å². The molecule has 132 valence electrons. The lowest BCUT2D eigenvalue weighted by molar-refractivity contribution is -0.119. The second-order valence-corrected chi connectivity index (χ2v) is 6.64. The highest BCUT2D eigenvalue weighted by Gasteiger charge is 2.20. The summed E-state index contributed by atoms with van der Waals surface area (Å²) < 4.78 is 0. The minimum absolute atomic E-state index is 0.156. The quantitative estimate of drug-likeness (QED) is 0.810. The molecule has 0 saturated carbocycles. The number of para-hydroxylation sites is 1. The molecular weight excluding hydrogens is 310 g/mol. The molecule has 0 radical (unpaired) electrons. The van der Waals surface area contributed by atoms with Crippen molar-refractivity contribution in [2.75, 3.05) is 51.2 Å². The molecule has 3 rings (SSSR count). The van der Waals surface area contributed by atoms with Gasteiger partial charge in [0.25, 0.3) is 0 Å². The Morgan fingerprint density at radius 1 is 0.880 bits per heavy atom. The summed E-state index contributed by atoms with van der Waals surface area (Å²) in [7, 11) is 1.85. The van der Waals surface area contributed by atoms with Crippen LogP contribution in [0.5, 0.6) is 0 Å². The van der Waals surface area contributed by atoms with Gasteiger partial charge < -0.3 is 9.80 Å². The topological polar surface area (TPSA) is 26.8 Å². The first-order valence-corrected chi connectivity index (χ1v) is 9.02. The van der Waals surface area contributed by atoms with Gasteiger partial charge in [0.1, 0.15) is 0 Å². The smallest absolute Gasteiger partial charge is 0.240 e. The van der Waals surface area contributed by atoms with E-state index in [9.17, 15) is 4.79 Å². The van der Waals surface area contributed by atoms with Gasteiger partial charge in [0, 0.05) is 45.5 Å². The fourth-order valence-electron chi connectivity index (χ4n) is 3.20. The highest BCUT2D eigenvalue weighted by atomic mass is 16.2. The summed E-state index contributed by atoms with van der Waals surface area (Å²) in [5.74, 6) is 0.156. The van der Waals surface area contributed by atoms with E-state index in [1.807, 2.05) is 37.4 Å². The van der Waals surface area contributed by atoms with Crippen molar-refractivity contribution in [3.8, 4) is 0 Å². The summed E-state index contributed by atoms with van der Waals surface area (Å²) in [5.41, 5.74) is 2.35. The summed E-state index contributed by atoms with van der Waals surface area (Å²) in [4.78, 5) is 19.0. The van der Waals surface area contributed by atoms with E-state index >= 15 is 0 Å². The summed E-state index contributed by atoms with van der Waals surface area (Å²) in [6.07, 6.45) is 1.09. The third-order valence-electron chi connectivity index (χ3n) is 4.90. The number of hydrogen-bond donors (Lipinski definition) is 0. The molecule has 1 aliphatic rings. The van der Waals surface area contributed by atoms with Gasteiger partial charge in [0.05, 0.1) is 6.54 Å². The fraction of sp³-hybridized carbons (Fsp3) is 0.381. The molecule has 0 aromatic heterocycles. The molecule has 4 heteroatoms. The molecule has 0 bridgehead atoms. The number of hydrogen-bond acceptors (Lipinski definition) is 3. The van der Waals surface area contributed by atoms with Crippen LogP contribution in [-0.2, 0) is 11.2 Å². The van der Waals surface area contributed by atoms with Gasteiger partial charge >= 0.3 is 0 Å². The molecule has 1 fully saturated rings. The van der Waals surface area contributed by atoms with Gasteiger partial charge in [-0.25, -0.2) is 0 Å². The van der Waals surface area contributed by atoms with E-state index in [0.717, 1.165) is 44.8 Å². The minimum Gasteiger partial charge on any atom is -0.314 e. The summed E-state index contributed by atoms with van der Waals surface area (Å²) >= 11 is 0. The van der Waals surface area contributed by atoms with E-state index in [-0.39, 0.29) is 5.91 Å². The molecule has 4 nitrogen and oxygen atoms in total. The summed E-state index contributed by atoms with van der Waals surface area (Å²) in [6.45, 7) is 5.59. The van der Waals surface area contributed by atoms with Crippen LogP contribution in [0.1, 0.15) is 5.56 Å². The Balaban J connectivity index is 1.41. The van der Waals surface area contributed by atoms with Crippen LogP contribution < -0.4 is 4.90 Å². The van der Waals surface area contributed by atoms with Crippen molar-refractivity contribution in [2.24, 2.45) is 0 Å². The lowest BCUT2D eigenvalue weighted by Crippen LogP contribution is -2.50. The van der Waals surface area contributed by atoms with Crippen molar-refractivity contribution in [3.05, 3.63) is 66.2 Å². The number of anilines is 1. The molecule has 1 amide bonds. The van der Waals surface area contributed by atoms with Crippen LogP contribution >= 0.6 is 0 Å². The Bertz CT molecular complexity index is 651. The van der Waals surface area contributed by atoms with Gasteiger partial charge in [-0.2, -0.15) is 0 Å². The average molecular weight is 337 g/mol. The number of rotatable bonds is 6. The van der Waals surface area contributed by atoms with Crippen molar-refractivity contribution in [2.45, 2.75) is 6.42 Å². The maximum Gasteiger partial charge on any atom is 0.240 e. The highest BCUT2D eigenvalue weighted by Crippen LogP contribution is 2.12. The molecule has 1 heterocycles. The largest absolute Gasteiger partial charge is 0.314 e. The summed E-state index contributed by atoms with van der Waals surface area (Å²) in [5, 5.41) is 0. The van der Waals surface area contributed by atoms with E-state index in [2.05, 4.69) is 40.1 Å². The molecule has 1 saturated heterocycles. The van der Waals surface area contributed by atoms with Gasteiger partial charge in [-0.05, 0) is 24.1 Å². The zero-order valence-corrected chi connectivity index (χ0v) is 15.0. The van der Waals surface area contributed by atoms with Crippen molar-refractivity contribution in [3.63, 3.8) is 0 Å². The number of likely N-dealkylation sites (N-methyl/N-ethyl adjacent to an activating group) is 1. The lowest BCUT2D eigenvalue weighted by atomic mass is 10.1.